The van der Waals surface area contributed by atoms with Crippen molar-refractivity contribution in [2.75, 3.05) is 18.4 Å². The van der Waals surface area contributed by atoms with Gasteiger partial charge in [-0.25, -0.2) is 0 Å². The zero-order valence-electron chi connectivity index (χ0n) is 15.3. The highest BCUT2D eigenvalue weighted by Gasteiger charge is 2.19. The number of unbranched alkanes of at least 4 members (excludes halogenated alkanes) is 1. The first-order valence-electron chi connectivity index (χ1n) is 9.31. The highest BCUT2D eigenvalue weighted by Crippen LogP contribution is 2.12. The summed E-state index contributed by atoms with van der Waals surface area (Å²) < 4.78 is 0. The minimum Gasteiger partial charge on any atom is -0.333 e. The third-order valence-corrected chi connectivity index (χ3v) is 4.56. The predicted octanol–water partition coefficient (Wildman–Crippen LogP) is 2.75. The molecule has 26 heavy (non-hydrogen) atoms. The van der Waals surface area contributed by atoms with Crippen molar-refractivity contribution in [2.45, 2.75) is 51.9 Å². The smallest absolute Gasteiger partial charge is 0.257 e. The minimum atomic E-state index is -0.278. The van der Waals surface area contributed by atoms with Crippen LogP contribution in [-0.4, -0.2) is 34.9 Å². The number of thiocarbonyl (C=S) groups is 1. The van der Waals surface area contributed by atoms with Crippen LogP contribution in [0.25, 0.3) is 0 Å². The summed E-state index contributed by atoms with van der Waals surface area (Å²) in [6, 6.07) is 8.08. The van der Waals surface area contributed by atoms with E-state index in [2.05, 4.69) is 35.2 Å². The van der Waals surface area contributed by atoms with Crippen LogP contribution in [-0.2, 0) is 16.0 Å². The largest absolute Gasteiger partial charge is 0.333 e. The Morgan fingerprint density at radius 3 is 2.65 bits per heavy atom. The highest BCUT2D eigenvalue weighted by molar-refractivity contribution is 7.80. The summed E-state index contributed by atoms with van der Waals surface area (Å²) in [5, 5.41) is 3.34. The summed E-state index contributed by atoms with van der Waals surface area (Å²) in [5.74, 6) is -0.235. The maximum absolute atomic E-state index is 12.0. The van der Waals surface area contributed by atoms with Crippen molar-refractivity contribution in [1.82, 2.24) is 15.8 Å². The molecule has 1 aromatic rings. The Labute approximate surface area is 160 Å². The van der Waals surface area contributed by atoms with E-state index >= 15 is 0 Å². The van der Waals surface area contributed by atoms with Crippen LogP contribution in [0.5, 0.6) is 0 Å². The molecule has 0 bridgehead atoms. The summed E-state index contributed by atoms with van der Waals surface area (Å²) in [6.45, 7) is 2.87. The standard InChI is InChI=1S/C19H28N4O2S/c1-2-3-7-15-9-11-16(12-10-15)20-19(26)22-21-17(24)14-23-13-6-4-5-8-18(23)25/h9-12H,2-8,13-14H2,1H3,(H,21,24)(H2,20,22,26). The molecule has 1 heterocycles. The van der Waals surface area contributed by atoms with Gasteiger partial charge in [-0.3, -0.25) is 20.4 Å². The lowest BCUT2D eigenvalue weighted by Gasteiger charge is -2.20. The number of aryl methyl sites for hydroxylation is 1. The van der Waals surface area contributed by atoms with Gasteiger partial charge in [0.1, 0.15) is 6.54 Å². The Morgan fingerprint density at radius 2 is 1.92 bits per heavy atom. The molecular weight excluding hydrogens is 348 g/mol. The third-order valence-electron chi connectivity index (χ3n) is 4.35. The molecule has 0 aromatic heterocycles. The summed E-state index contributed by atoms with van der Waals surface area (Å²) in [4.78, 5) is 25.5. The number of hydrazine groups is 1. The van der Waals surface area contributed by atoms with Crippen molar-refractivity contribution in [3.63, 3.8) is 0 Å². The third kappa shape index (κ3) is 7.00. The van der Waals surface area contributed by atoms with E-state index in [1.807, 2.05) is 12.1 Å². The Kier molecular flexibility index (Phi) is 8.34. The number of hydrogen-bond acceptors (Lipinski definition) is 3. The maximum Gasteiger partial charge on any atom is 0.257 e. The zero-order valence-corrected chi connectivity index (χ0v) is 16.2. The number of benzene rings is 1. The highest BCUT2D eigenvalue weighted by atomic mass is 32.1. The van der Waals surface area contributed by atoms with E-state index in [1.54, 1.807) is 4.90 Å². The zero-order chi connectivity index (χ0) is 18.8. The first-order valence-corrected chi connectivity index (χ1v) is 9.72. The normalized spacial score (nSPS) is 14.5. The molecule has 1 fully saturated rings. The topological polar surface area (TPSA) is 73.5 Å². The van der Waals surface area contributed by atoms with Gasteiger partial charge < -0.3 is 10.2 Å². The van der Waals surface area contributed by atoms with Crippen LogP contribution >= 0.6 is 12.2 Å². The number of nitrogens with one attached hydrogen (secondary N) is 3. The monoisotopic (exact) mass is 376 g/mol. The number of hydrogen-bond donors (Lipinski definition) is 3. The Bertz CT molecular complexity index is 618. The molecule has 142 valence electrons. The molecule has 1 aliphatic heterocycles. The summed E-state index contributed by atoms with van der Waals surface area (Å²) in [5.41, 5.74) is 7.39. The molecule has 7 heteroatoms. The number of anilines is 1. The fraction of sp³-hybridized carbons (Fsp3) is 0.526. The second-order valence-electron chi connectivity index (χ2n) is 6.55. The molecular formula is C19H28N4O2S. The second-order valence-corrected chi connectivity index (χ2v) is 6.96. The fourth-order valence-electron chi connectivity index (χ4n) is 2.84. The van der Waals surface area contributed by atoms with Crippen LogP contribution in [0.15, 0.2) is 24.3 Å². The van der Waals surface area contributed by atoms with Gasteiger partial charge in [0.05, 0.1) is 0 Å². The molecule has 1 saturated heterocycles. The number of nitrogens with zero attached hydrogens (tertiary/aromatic N) is 1. The average Bonchev–Trinajstić information content (AvgIpc) is 2.84. The van der Waals surface area contributed by atoms with Crippen molar-refractivity contribution in [3.8, 4) is 0 Å². The van der Waals surface area contributed by atoms with Gasteiger partial charge in [0.2, 0.25) is 5.91 Å². The molecule has 2 rings (SSSR count). The maximum atomic E-state index is 12.0. The van der Waals surface area contributed by atoms with E-state index in [-0.39, 0.29) is 18.4 Å². The van der Waals surface area contributed by atoms with Crippen LogP contribution in [0.3, 0.4) is 0 Å². The molecule has 0 radical (unpaired) electrons. The van der Waals surface area contributed by atoms with E-state index in [9.17, 15) is 9.59 Å². The van der Waals surface area contributed by atoms with E-state index in [4.69, 9.17) is 12.2 Å². The molecule has 0 saturated carbocycles. The summed E-state index contributed by atoms with van der Waals surface area (Å²) >= 11 is 5.19. The summed E-state index contributed by atoms with van der Waals surface area (Å²) in [6.07, 6.45) is 6.84. The van der Waals surface area contributed by atoms with Crippen LogP contribution in [0, 0.1) is 0 Å². The predicted molar refractivity (Wildman–Crippen MR) is 108 cm³/mol. The van der Waals surface area contributed by atoms with Gasteiger partial charge in [-0.1, -0.05) is 31.9 Å². The van der Waals surface area contributed by atoms with Gasteiger partial charge in [0.15, 0.2) is 5.11 Å². The van der Waals surface area contributed by atoms with Crippen molar-refractivity contribution < 1.29 is 9.59 Å². The van der Waals surface area contributed by atoms with Gasteiger partial charge in [0.25, 0.3) is 5.91 Å². The quantitative estimate of drug-likeness (QED) is 0.526. The molecule has 0 unspecified atom stereocenters. The van der Waals surface area contributed by atoms with E-state index in [1.165, 1.54) is 18.4 Å². The SMILES string of the molecule is CCCCc1ccc(NC(=S)NNC(=O)CN2CCCCCC2=O)cc1. The van der Waals surface area contributed by atoms with E-state index < -0.39 is 0 Å². The van der Waals surface area contributed by atoms with Crippen molar-refractivity contribution in [2.24, 2.45) is 0 Å². The first-order chi connectivity index (χ1) is 12.6. The molecule has 1 aliphatic rings. The van der Waals surface area contributed by atoms with Crippen LogP contribution in [0.2, 0.25) is 0 Å². The molecule has 0 atom stereocenters. The number of rotatable bonds is 6. The number of likely N-dealkylation sites (tertiary alicyclic amines) is 1. The van der Waals surface area contributed by atoms with Gasteiger partial charge in [0, 0.05) is 18.7 Å². The lowest BCUT2D eigenvalue weighted by Crippen LogP contribution is -2.48. The fourth-order valence-corrected chi connectivity index (χ4v) is 3.01. The average molecular weight is 377 g/mol. The van der Waals surface area contributed by atoms with Crippen molar-refractivity contribution in [1.29, 1.82) is 0 Å². The molecule has 0 aliphatic carbocycles. The van der Waals surface area contributed by atoms with Gasteiger partial charge in [-0.2, -0.15) is 0 Å². The molecule has 0 spiro atoms. The summed E-state index contributed by atoms with van der Waals surface area (Å²) in [7, 11) is 0. The molecule has 2 amide bonds. The van der Waals surface area contributed by atoms with Crippen molar-refractivity contribution in [3.05, 3.63) is 29.8 Å². The van der Waals surface area contributed by atoms with E-state index in [0.717, 1.165) is 31.4 Å². The van der Waals surface area contributed by atoms with Crippen molar-refractivity contribution >= 4 is 34.8 Å². The molecule has 3 N–H and O–H groups in total. The number of carbonyl (C=O) groups excluding carboxylic acids is 2. The minimum absolute atomic E-state index is 0.0431. The van der Waals surface area contributed by atoms with Gasteiger partial charge in [-0.05, 0) is 55.6 Å². The van der Waals surface area contributed by atoms with Crippen LogP contribution < -0.4 is 16.2 Å². The van der Waals surface area contributed by atoms with Crippen LogP contribution in [0.4, 0.5) is 5.69 Å². The first kappa shape index (κ1) is 20.2. The number of carbonyl (C=O) groups is 2. The Hall–Kier alpha value is -2.15. The molecule has 1 aromatic carbocycles. The van der Waals surface area contributed by atoms with Gasteiger partial charge in [-0.15, -0.1) is 0 Å². The Morgan fingerprint density at radius 1 is 1.15 bits per heavy atom. The Balaban J connectivity index is 1.72. The lowest BCUT2D eigenvalue weighted by molar-refractivity contribution is -0.135. The van der Waals surface area contributed by atoms with Gasteiger partial charge >= 0.3 is 0 Å². The van der Waals surface area contributed by atoms with E-state index in [0.29, 0.717) is 18.1 Å². The molecule has 6 nitrogen and oxygen atoms in total. The second kappa shape index (κ2) is 10.8. The number of amides is 2. The van der Waals surface area contributed by atoms with Crippen LogP contribution in [0.1, 0.15) is 51.0 Å². The lowest BCUT2D eigenvalue weighted by atomic mass is 10.1.